The van der Waals surface area contributed by atoms with E-state index in [-0.39, 0.29) is 16.9 Å². The number of hydrogen-bond acceptors (Lipinski definition) is 6. The third-order valence-electron chi connectivity index (χ3n) is 3.41. The molecule has 2 aromatic rings. The maximum atomic E-state index is 12.2. The van der Waals surface area contributed by atoms with E-state index in [4.69, 9.17) is 9.47 Å². The van der Waals surface area contributed by atoms with E-state index in [1.54, 1.807) is 18.2 Å². The van der Waals surface area contributed by atoms with Gasteiger partial charge >= 0.3 is 5.97 Å². The molecule has 136 valence electrons. The van der Waals surface area contributed by atoms with Crippen LogP contribution in [0, 0.1) is 10.1 Å². The topological polar surface area (TPSA) is 108 Å². The minimum absolute atomic E-state index is 0.0338. The molecule has 0 radical (unpaired) electrons. The van der Waals surface area contributed by atoms with Crippen molar-refractivity contribution in [2.45, 2.75) is 20.0 Å². The van der Waals surface area contributed by atoms with Crippen LogP contribution in [0.3, 0.4) is 0 Å². The summed E-state index contributed by atoms with van der Waals surface area (Å²) in [6.45, 7) is 3.74. The summed E-state index contributed by atoms with van der Waals surface area (Å²) in [6, 6.07) is 12.0. The first-order chi connectivity index (χ1) is 12.4. The van der Waals surface area contributed by atoms with Gasteiger partial charge in [0.25, 0.3) is 11.6 Å². The van der Waals surface area contributed by atoms with E-state index in [2.05, 4.69) is 5.32 Å². The number of anilines is 1. The molecular formula is C18H18N2O6. The van der Waals surface area contributed by atoms with Crippen LogP contribution in [0.15, 0.2) is 48.5 Å². The van der Waals surface area contributed by atoms with E-state index in [0.717, 1.165) is 0 Å². The Balaban J connectivity index is 2.00. The van der Waals surface area contributed by atoms with Crippen LogP contribution in [0.4, 0.5) is 11.4 Å². The first-order valence-corrected chi connectivity index (χ1v) is 7.90. The highest BCUT2D eigenvalue weighted by Crippen LogP contribution is 2.23. The molecule has 0 bridgehead atoms. The number of nitrogens with one attached hydrogen (secondary N) is 1. The van der Waals surface area contributed by atoms with Crippen molar-refractivity contribution in [3.05, 3.63) is 64.2 Å². The third-order valence-corrected chi connectivity index (χ3v) is 3.41. The zero-order valence-corrected chi connectivity index (χ0v) is 14.3. The Bertz CT molecular complexity index is 804. The Kier molecular flexibility index (Phi) is 6.26. The number of hydrogen-bond donors (Lipinski definition) is 1. The summed E-state index contributed by atoms with van der Waals surface area (Å²) in [5, 5.41) is 13.4. The van der Waals surface area contributed by atoms with Crippen molar-refractivity contribution in [1.82, 2.24) is 0 Å². The van der Waals surface area contributed by atoms with Crippen LogP contribution < -0.4 is 10.1 Å². The monoisotopic (exact) mass is 358 g/mol. The summed E-state index contributed by atoms with van der Waals surface area (Å²) in [4.78, 5) is 34.6. The van der Waals surface area contributed by atoms with E-state index in [9.17, 15) is 19.7 Å². The first-order valence-electron chi connectivity index (χ1n) is 7.90. The lowest BCUT2D eigenvalue weighted by Crippen LogP contribution is -2.30. The average Bonchev–Trinajstić information content (AvgIpc) is 2.62. The highest BCUT2D eigenvalue weighted by molar-refractivity contribution is 5.98. The van der Waals surface area contributed by atoms with Crippen LogP contribution in [0.1, 0.15) is 24.2 Å². The van der Waals surface area contributed by atoms with Crippen molar-refractivity contribution in [3.63, 3.8) is 0 Å². The Morgan fingerprint density at radius 3 is 2.42 bits per heavy atom. The Labute approximate surface area is 149 Å². The summed E-state index contributed by atoms with van der Waals surface area (Å²) in [7, 11) is 0. The number of carbonyl (C=O) groups excluding carboxylic acids is 2. The minimum atomic E-state index is -1.13. The van der Waals surface area contributed by atoms with E-state index in [1.807, 2.05) is 6.92 Å². The quantitative estimate of drug-likeness (QED) is 0.463. The summed E-state index contributed by atoms with van der Waals surface area (Å²) >= 11 is 0. The van der Waals surface area contributed by atoms with Gasteiger partial charge in [0.2, 0.25) is 0 Å². The van der Waals surface area contributed by atoms with Crippen LogP contribution in [-0.2, 0) is 9.53 Å². The van der Waals surface area contributed by atoms with Gasteiger partial charge in [-0.3, -0.25) is 14.9 Å². The van der Waals surface area contributed by atoms with E-state index >= 15 is 0 Å². The predicted octanol–water partition coefficient (Wildman–Crippen LogP) is 3.18. The second kappa shape index (κ2) is 8.61. The molecular weight excluding hydrogens is 340 g/mol. The maximum absolute atomic E-state index is 12.2. The standard InChI is InChI=1S/C18H18N2O6/c1-3-25-14-10-8-13(9-11-14)18(22)26-12(2)17(21)19-15-6-4-5-7-16(15)20(23)24/h4-12H,3H2,1-2H3,(H,19,21)/t12-/m0/s1. The molecule has 2 aromatic carbocycles. The number of benzene rings is 2. The van der Waals surface area contributed by atoms with Crippen LogP contribution in [0.2, 0.25) is 0 Å². The van der Waals surface area contributed by atoms with E-state index in [0.29, 0.717) is 12.4 Å². The predicted molar refractivity (Wildman–Crippen MR) is 94.2 cm³/mol. The zero-order valence-electron chi connectivity index (χ0n) is 14.3. The Hall–Kier alpha value is -3.42. The van der Waals surface area contributed by atoms with Gasteiger partial charge in [0.05, 0.1) is 17.1 Å². The molecule has 0 aliphatic carbocycles. The molecule has 0 saturated carbocycles. The number of nitro benzene ring substituents is 1. The molecule has 1 N–H and O–H groups in total. The minimum Gasteiger partial charge on any atom is -0.494 e. The van der Waals surface area contributed by atoms with Crippen LogP contribution >= 0.6 is 0 Å². The first kappa shape index (κ1) is 18.9. The number of nitro groups is 1. The van der Waals surface area contributed by atoms with Gasteiger partial charge in [-0.1, -0.05) is 12.1 Å². The summed E-state index contributed by atoms with van der Waals surface area (Å²) in [5.74, 6) is -0.733. The fraction of sp³-hybridized carbons (Fsp3) is 0.222. The van der Waals surface area contributed by atoms with Gasteiger partial charge in [-0.05, 0) is 44.2 Å². The normalized spacial score (nSPS) is 11.3. The fourth-order valence-corrected chi connectivity index (χ4v) is 2.11. The summed E-state index contributed by atoms with van der Waals surface area (Å²) < 4.78 is 10.4. The zero-order chi connectivity index (χ0) is 19.1. The molecule has 0 aliphatic rings. The summed E-state index contributed by atoms with van der Waals surface area (Å²) in [5.41, 5.74) is 0.0520. The summed E-state index contributed by atoms with van der Waals surface area (Å²) in [6.07, 6.45) is -1.13. The van der Waals surface area contributed by atoms with Crippen LogP contribution in [0.25, 0.3) is 0 Å². The molecule has 0 heterocycles. The fourth-order valence-electron chi connectivity index (χ4n) is 2.11. The number of esters is 1. The average molecular weight is 358 g/mol. The van der Waals surface area contributed by atoms with E-state index < -0.39 is 22.9 Å². The highest BCUT2D eigenvalue weighted by Gasteiger charge is 2.22. The van der Waals surface area contributed by atoms with Gasteiger partial charge in [0.15, 0.2) is 6.10 Å². The molecule has 1 amide bonds. The molecule has 2 rings (SSSR count). The number of rotatable bonds is 7. The van der Waals surface area contributed by atoms with Gasteiger partial charge in [0, 0.05) is 6.07 Å². The number of amides is 1. The SMILES string of the molecule is CCOc1ccc(C(=O)O[C@@H](C)C(=O)Nc2ccccc2[N+](=O)[O-])cc1. The van der Waals surface area contributed by atoms with Crippen LogP contribution in [-0.4, -0.2) is 29.5 Å². The largest absolute Gasteiger partial charge is 0.494 e. The Morgan fingerprint density at radius 1 is 1.15 bits per heavy atom. The van der Waals surface area contributed by atoms with Crippen molar-refractivity contribution < 1.29 is 24.0 Å². The molecule has 1 atom stereocenters. The number of carbonyl (C=O) groups is 2. The van der Waals surface area contributed by atoms with Crippen molar-refractivity contribution in [3.8, 4) is 5.75 Å². The van der Waals surface area contributed by atoms with Gasteiger partial charge in [-0.2, -0.15) is 0 Å². The third kappa shape index (κ3) is 4.79. The maximum Gasteiger partial charge on any atom is 0.338 e. The number of nitrogens with zero attached hydrogens (tertiary/aromatic N) is 1. The van der Waals surface area contributed by atoms with E-state index in [1.165, 1.54) is 37.3 Å². The van der Waals surface area contributed by atoms with Gasteiger partial charge in [-0.25, -0.2) is 4.79 Å². The van der Waals surface area contributed by atoms with Crippen molar-refractivity contribution in [2.75, 3.05) is 11.9 Å². The molecule has 0 spiro atoms. The molecule has 0 aliphatic heterocycles. The second-order valence-corrected chi connectivity index (χ2v) is 5.27. The number of para-hydroxylation sites is 2. The van der Waals surface area contributed by atoms with Crippen molar-refractivity contribution in [2.24, 2.45) is 0 Å². The number of ether oxygens (including phenoxy) is 2. The smallest absolute Gasteiger partial charge is 0.338 e. The van der Waals surface area contributed by atoms with Crippen molar-refractivity contribution >= 4 is 23.3 Å². The Morgan fingerprint density at radius 2 is 1.81 bits per heavy atom. The van der Waals surface area contributed by atoms with Gasteiger partial charge < -0.3 is 14.8 Å². The molecule has 0 unspecified atom stereocenters. The second-order valence-electron chi connectivity index (χ2n) is 5.27. The molecule has 8 nitrogen and oxygen atoms in total. The molecule has 26 heavy (non-hydrogen) atoms. The lowest BCUT2D eigenvalue weighted by Gasteiger charge is -2.14. The molecule has 8 heteroatoms. The lowest BCUT2D eigenvalue weighted by atomic mass is 10.2. The van der Waals surface area contributed by atoms with Crippen LogP contribution in [0.5, 0.6) is 5.75 Å². The van der Waals surface area contributed by atoms with Crippen molar-refractivity contribution in [1.29, 1.82) is 0 Å². The molecule has 0 fully saturated rings. The molecule has 0 aromatic heterocycles. The van der Waals surface area contributed by atoms with Gasteiger partial charge in [-0.15, -0.1) is 0 Å². The van der Waals surface area contributed by atoms with Gasteiger partial charge in [0.1, 0.15) is 11.4 Å². The lowest BCUT2D eigenvalue weighted by molar-refractivity contribution is -0.383. The highest BCUT2D eigenvalue weighted by atomic mass is 16.6. The molecule has 0 saturated heterocycles.